The monoisotopic (exact) mass is 564 g/mol. The molecule has 0 aliphatic heterocycles. The Morgan fingerprint density at radius 2 is 1.82 bits per heavy atom. The van der Waals surface area contributed by atoms with Crippen LogP contribution in [0.1, 0.15) is 66.8 Å². The van der Waals surface area contributed by atoms with E-state index in [9.17, 15) is 13.2 Å². The molecule has 4 rings (SSSR count). The number of methoxy groups -OCH3 is 1. The van der Waals surface area contributed by atoms with E-state index >= 15 is 0 Å². The van der Waals surface area contributed by atoms with E-state index in [4.69, 9.17) is 9.47 Å². The molecule has 1 N–H and O–H groups in total. The fourth-order valence-corrected chi connectivity index (χ4v) is 6.27. The Morgan fingerprint density at radius 3 is 2.52 bits per heavy atom. The standard InChI is InChI=1S/C30H36N4O5S/c1-7-39-29(35)17-25(22-15-26-30(27(16-22)38-6)34(5)33-32-26)21-13-12-20(4)23(14-21)18-31-40(36,37)28-11-9-8-10-24(28)19(2)3/h8-16,19,25,31H,7,17-18H2,1-6H3. The number of nitrogens with one attached hydrogen (secondary N) is 1. The molecule has 0 saturated heterocycles. The lowest BCUT2D eigenvalue weighted by atomic mass is 9.86. The van der Waals surface area contributed by atoms with Crippen molar-refractivity contribution in [3.8, 4) is 5.75 Å². The zero-order valence-electron chi connectivity index (χ0n) is 23.8. The zero-order valence-corrected chi connectivity index (χ0v) is 24.6. The van der Waals surface area contributed by atoms with Gasteiger partial charge in [0.15, 0.2) is 0 Å². The van der Waals surface area contributed by atoms with Gasteiger partial charge in [-0.3, -0.25) is 4.79 Å². The molecule has 0 aliphatic carbocycles. The number of benzene rings is 3. The van der Waals surface area contributed by atoms with Crippen LogP contribution < -0.4 is 9.46 Å². The van der Waals surface area contributed by atoms with Crippen LogP contribution >= 0.6 is 0 Å². The Morgan fingerprint density at radius 1 is 1.07 bits per heavy atom. The first kappa shape index (κ1) is 29.2. The molecule has 0 radical (unpaired) electrons. The summed E-state index contributed by atoms with van der Waals surface area (Å²) in [4.78, 5) is 13.0. The number of sulfonamides is 1. The summed E-state index contributed by atoms with van der Waals surface area (Å²) in [5.74, 6) is -0.0568. The van der Waals surface area contributed by atoms with Gasteiger partial charge >= 0.3 is 5.97 Å². The summed E-state index contributed by atoms with van der Waals surface area (Å²) in [6.07, 6.45) is 0.0960. The number of esters is 1. The van der Waals surface area contributed by atoms with Gasteiger partial charge in [0, 0.05) is 19.5 Å². The molecule has 1 aromatic heterocycles. The van der Waals surface area contributed by atoms with Gasteiger partial charge in [0.25, 0.3) is 0 Å². The third-order valence-electron chi connectivity index (χ3n) is 7.04. The van der Waals surface area contributed by atoms with Crippen LogP contribution in [0.25, 0.3) is 11.0 Å². The average molecular weight is 565 g/mol. The normalized spacial score (nSPS) is 12.6. The topological polar surface area (TPSA) is 112 Å². The maximum Gasteiger partial charge on any atom is 0.306 e. The summed E-state index contributed by atoms with van der Waals surface area (Å²) >= 11 is 0. The average Bonchev–Trinajstić information content (AvgIpc) is 3.31. The maximum absolute atomic E-state index is 13.3. The highest BCUT2D eigenvalue weighted by atomic mass is 32.2. The van der Waals surface area contributed by atoms with Crippen molar-refractivity contribution < 1.29 is 22.7 Å². The highest BCUT2D eigenvalue weighted by molar-refractivity contribution is 7.89. The number of carbonyl (C=O) groups excluding carboxylic acids is 1. The van der Waals surface area contributed by atoms with Crippen LogP contribution in [0, 0.1) is 6.92 Å². The van der Waals surface area contributed by atoms with E-state index in [1.54, 1.807) is 37.9 Å². The Balaban J connectivity index is 1.71. The SMILES string of the molecule is CCOC(=O)CC(c1ccc(C)c(CNS(=O)(=O)c2ccccc2C(C)C)c1)c1cc(OC)c2c(c1)nnn2C. The third kappa shape index (κ3) is 6.18. The molecule has 0 aliphatic rings. The number of nitrogens with zero attached hydrogens (tertiary/aromatic N) is 3. The Kier molecular flexibility index (Phi) is 8.90. The lowest BCUT2D eigenvalue weighted by molar-refractivity contribution is -0.143. The van der Waals surface area contributed by atoms with Crippen molar-refractivity contribution in [2.45, 2.75) is 57.4 Å². The second-order valence-electron chi connectivity index (χ2n) is 10.1. The minimum atomic E-state index is -3.75. The van der Waals surface area contributed by atoms with Crippen molar-refractivity contribution in [1.29, 1.82) is 0 Å². The lowest BCUT2D eigenvalue weighted by Gasteiger charge is -2.20. The van der Waals surface area contributed by atoms with E-state index in [1.165, 1.54) is 0 Å². The van der Waals surface area contributed by atoms with Crippen molar-refractivity contribution in [2.75, 3.05) is 13.7 Å². The van der Waals surface area contributed by atoms with Crippen LogP contribution in [0.2, 0.25) is 0 Å². The molecule has 0 saturated carbocycles. The highest BCUT2D eigenvalue weighted by Gasteiger charge is 2.24. The number of aromatic nitrogens is 3. The summed E-state index contributed by atoms with van der Waals surface area (Å²) in [5, 5.41) is 8.37. The van der Waals surface area contributed by atoms with Crippen molar-refractivity contribution >= 4 is 27.0 Å². The van der Waals surface area contributed by atoms with E-state index in [0.29, 0.717) is 11.3 Å². The molecule has 1 heterocycles. The largest absolute Gasteiger partial charge is 0.494 e. The molecule has 3 aromatic carbocycles. The second kappa shape index (κ2) is 12.2. The number of aryl methyl sites for hydroxylation is 2. The minimum absolute atomic E-state index is 0.0603. The number of hydrogen-bond acceptors (Lipinski definition) is 7. The molecule has 1 atom stereocenters. The smallest absolute Gasteiger partial charge is 0.306 e. The maximum atomic E-state index is 13.3. The van der Waals surface area contributed by atoms with Gasteiger partial charge in [-0.1, -0.05) is 55.5 Å². The van der Waals surface area contributed by atoms with E-state index < -0.39 is 10.0 Å². The number of hydrogen-bond donors (Lipinski definition) is 1. The summed E-state index contributed by atoms with van der Waals surface area (Å²) < 4.78 is 42.0. The van der Waals surface area contributed by atoms with Gasteiger partial charge in [0.1, 0.15) is 16.8 Å². The Hall–Kier alpha value is -3.76. The Bertz CT molecular complexity index is 1630. The first-order valence-electron chi connectivity index (χ1n) is 13.3. The number of ether oxygens (including phenoxy) is 2. The first-order valence-corrected chi connectivity index (χ1v) is 14.7. The first-order chi connectivity index (χ1) is 19.1. The van der Waals surface area contributed by atoms with E-state index in [2.05, 4.69) is 15.0 Å². The van der Waals surface area contributed by atoms with Crippen molar-refractivity contribution in [2.24, 2.45) is 7.05 Å². The van der Waals surface area contributed by atoms with Gasteiger partial charge in [-0.25, -0.2) is 17.8 Å². The van der Waals surface area contributed by atoms with Gasteiger partial charge in [0.05, 0.1) is 25.0 Å². The van der Waals surface area contributed by atoms with Crippen LogP contribution in [0.3, 0.4) is 0 Å². The predicted octanol–water partition coefficient (Wildman–Crippen LogP) is 4.97. The molecule has 9 nitrogen and oxygen atoms in total. The molecular weight excluding hydrogens is 528 g/mol. The van der Waals surface area contributed by atoms with Crippen molar-refractivity contribution in [3.63, 3.8) is 0 Å². The van der Waals surface area contributed by atoms with Crippen LogP contribution in [-0.4, -0.2) is 43.1 Å². The summed E-state index contributed by atoms with van der Waals surface area (Å²) in [7, 11) is -0.377. The molecule has 0 amide bonds. The molecule has 0 bridgehead atoms. The summed E-state index contributed by atoms with van der Waals surface area (Å²) in [6, 6.07) is 16.7. The molecule has 212 valence electrons. The van der Waals surface area contributed by atoms with Crippen LogP contribution in [-0.2, 0) is 33.1 Å². The van der Waals surface area contributed by atoms with Crippen LogP contribution in [0.15, 0.2) is 59.5 Å². The molecule has 40 heavy (non-hydrogen) atoms. The molecule has 1 unspecified atom stereocenters. The molecule has 10 heteroatoms. The number of rotatable bonds is 11. The minimum Gasteiger partial charge on any atom is -0.494 e. The van der Waals surface area contributed by atoms with Crippen LogP contribution in [0.4, 0.5) is 0 Å². The predicted molar refractivity (Wildman–Crippen MR) is 154 cm³/mol. The van der Waals surface area contributed by atoms with Gasteiger partial charge in [0.2, 0.25) is 10.0 Å². The summed E-state index contributed by atoms with van der Waals surface area (Å²) in [5.41, 5.74) is 5.57. The summed E-state index contributed by atoms with van der Waals surface area (Å²) in [6.45, 7) is 8.03. The fraction of sp³-hybridized carbons (Fsp3) is 0.367. The zero-order chi connectivity index (χ0) is 29.0. The number of carbonyl (C=O) groups is 1. The number of fused-ring (bicyclic) bond motifs is 1. The van der Waals surface area contributed by atoms with Crippen molar-refractivity contribution in [3.05, 3.63) is 82.4 Å². The van der Waals surface area contributed by atoms with Gasteiger partial charge in [-0.05, 0) is 65.8 Å². The van der Waals surface area contributed by atoms with E-state index in [1.807, 2.05) is 63.2 Å². The molecule has 4 aromatic rings. The van der Waals surface area contributed by atoms with E-state index in [0.717, 1.165) is 33.3 Å². The van der Waals surface area contributed by atoms with Crippen molar-refractivity contribution in [1.82, 2.24) is 19.7 Å². The highest BCUT2D eigenvalue weighted by Crippen LogP contribution is 2.35. The van der Waals surface area contributed by atoms with E-state index in [-0.39, 0.29) is 42.3 Å². The van der Waals surface area contributed by atoms with Gasteiger partial charge < -0.3 is 9.47 Å². The van der Waals surface area contributed by atoms with Crippen LogP contribution in [0.5, 0.6) is 5.75 Å². The van der Waals surface area contributed by atoms with Gasteiger partial charge in [-0.15, -0.1) is 5.10 Å². The van der Waals surface area contributed by atoms with Gasteiger partial charge in [-0.2, -0.15) is 0 Å². The fourth-order valence-electron chi connectivity index (χ4n) is 4.90. The quantitative estimate of drug-likeness (QED) is 0.256. The third-order valence-corrected chi connectivity index (χ3v) is 8.52. The Labute approximate surface area is 235 Å². The second-order valence-corrected chi connectivity index (χ2v) is 11.8. The lowest BCUT2D eigenvalue weighted by Crippen LogP contribution is -2.25. The molecular formula is C30H36N4O5S. The molecule has 0 spiro atoms. The molecule has 0 fully saturated rings.